The van der Waals surface area contributed by atoms with E-state index in [1.54, 1.807) is 0 Å². The molecule has 3 nitrogen and oxygen atoms in total. The van der Waals surface area contributed by atoms with Crippen LogP contribution in [0.1, 0.15) is 103 Å². The average molecular weight is 642 g/mol. The Labute approximate surface area is 210 Å². The number of rotatable bonds is 6. The van der Waals surface area contributed by atoms with Gasteiger partial charge in [-0.15, -0.1) is 0 Å². The third-order valence-electron chi connectivity index (χ3n) is 8.09. The maximum atomic E-state index is 13.1. The van der Waals surface area contributed by atoms with Gasteiger partial charge < -0.3 is 9.47 Å². The van der Waals surface area contributed by atoms with Crippen LogP contribution in [-0.2, 0) is 14.3 Å². The summed E-state index contributed by atoms with van der Waals surface area (Å²) < 4.78 is 14.2. The summed E-state index contributed by atoms with van der Waals surface area (Å²) in [6.07, 6.45) is 21.0. The lowest BCUT2D eigenvalue weighted by Gasteiger charge is -2.37. The van der Waals surface area contributed by atoms with Gasteiger partial charge in [-0.05, 0) is 83.5 Å². The first-order chi connectivity index (χ1) is 14.6. The first kappa shape index (κ1) is 24.2. The molecule has 4 aliphatic carbocycles. The minimum Gasteiger partial charge on any atom is -0.375 e. The number of hydrogen-bond acceptors (Lipinski definition) is 3. The molecular formula is C25H40I2O3. The molecule has 30 heavy (non-hydrogen) atoms. The molecule has 0 heterocycles. The number of hydrogen-bond donors (Lipinski definition) is 0. The van der Waals surface area contributed by atoms with E-state index in [0.29, 0.717) is 49.9 Å². The van der Waals surface area contributed by atoms with Gasteiger partial charge in [0.25, 0.3) is 0 Å². The predicted molar refractivity (Wildman–Crippen MR) is 139 cm³/mol. The van der Waals surface area contributed by atoms with Crippen molar-refractivity contribution in [2.45, 2.75) is 135 Å². The first-order valence-corrected chi connectivity index (χ1v) is 15.2. The molecule has 0 radical (unpaired) electrons. The molecule has 4 aliphatic rings. The second-order valence-electron chi connectivity index (χ2n) is 10.3. The summed E-state index contributed by atoms with van der Waals surface area (Å²) >= 11 is 5.09. The quantitative estimate of drug-likeness (QED) is 0.227. The fourth-order valence-corrected chi connectivity index (χ4v) is 8.13. The van der Waals surface area contributed by atoms with E-state index in [0.717, 1.165) is 44.9 Å². The molecule has 172 valence electrons. The Bertz CT molecular complexity index is 535. The van der Waals surface area contributed by atoms with Crippen LogP contribution in [0.3, 0.4) is 0 Å². The van der Waals surface area contributed by atoms with Crippen LogP contribution in [0.4, 0.5) is 0 Å². The second-order valence-corrected chi connectivity index (χ2v) is 13.7. The number of halogens is 2. The van der Waals surface area contributed by atoms with Gasteiger partial charge in [-0.25, -0.2) is 0 Å². The van der Waals surface area contributed by atoms with Crippen molar-refractivity contribution in [3.05, 3.63) is 0 Å². The number of ether oxygens (including phenoxy) is 2. The molecule has 0 bridgehead atoms. The molecule has 0 aliphatic heterocycles. The lowest BCUT2D eigenvalue weighted by atomic mass is 9.76. The van der Waals surface area contributed by atoms with Crippen LogP contribution in [0.15, 0.2) is 0 Å². The Morgan fingerprint density at radius 1 is 0.600 bits per heavy atom. The first-order valence-electron chi connectivity index (χ1n) is 12.7. The van der Waals surface area contributed by atoms with Gasteiger partial charge in [0.15, 0.2) is 0 Å². The van der Waals surface area contributed by atoms with Crippen LogP contribution in [-0.4, -0.2) is 38.0 Å². The molecule has 0 N–H and O–H groups in total. The number of carbonyl (C=O) groups excluding carboxylic acids is 1. The monoisotopic (exact) mass is 642 g/mol. The van der Waals surface area contributed by atoms with Crippen LogP contribution in [0, 0.1) is 11.8 Å². The molecule has 0 amide bonds. The van der Waals surface area contributed by atoms with E-state index in [2.05, 4.69) is 45.2 Å². The SMILES string of the molecule is O=C(C1CCC(OC2CCC(OC3CCCCC3)CC2)CC1)C1CC(I)CCC1I. The summed E-state index contributed by atoms with van der Waals surface area (Å²) in [5.41, 5.74) is 0. The van der Waals surface area contributed by atoms with Gasteiger partial charge in [-0.1, -0.05) is 64.4 Å². The Balaban J connectivity index is 1.14. The maximum Gasteiger partial charge on any atom is 0.140 e. The van der Waals surface area contributed by atoms with Gasteiger partial charge >= 0.3 is 0 Å². The van der Waals surface area contributed by atoms with E-state index in [-0.39, 0.29) is 0 Å². The van der Waals surface area contributed by atoms with Crippen LogP contribution in [0.25, 0.3) is 0 Å². The summed E-state index contributed by atoms with van der Waals surface area (Å²) in [4.78, 5) is 13.1. The lowest BCUT2D eigenvalue weighted by Crippen LogP contribution is -2.38. The van der Waals surface area contributed by atoms with Crippen molar-refractivity contribution >= 4 is 51.0 Å². The van der Waals surface area contributed by atoms with E-state index in [4.69, 9.17) is 9.47 Å². The van der Waals surface area contributed by atoms with E-state index in [9.17, 15) is 4.79 Å². The standard InChI is InChI=1S/C25H40I2O3/c26-18-8-15-24(27)23(16-18)25(28)17-6-9-20(10-7-17)30-22-13-11-21(12-14-22)29-19-4-2-1-3-5-19/h17-24H,1-16H2. The van der Waals surface area contributed by atoms with Crippen LogP contribution in [0.5, 0.6) is 0 Å². The molecular weight excluding hydrogens is 602 g/mol. The fourth-order valence-electron chi connectivity index (χ4n) is 6.21. The number of Topliss-reactive ketones (excluding diaryl/α,β-unsaturated/α-hetero) is 1. The lowest BCUT2D eigenvalue weighted by molar-refractivity contribution is -0.130. The van der Waals surface area contributed by atoms with E-state index >= 15 is 0 Å². The smallest absolute Gasteiger partial charge is 0.140 e. The minimum atomic E-state index is 0.299. The molecule has 0 aromatic rings. The van der Waals surface area contributed by atoms with Crippen molar-refractivity contribution in [3.8, 4) is 0 Å². The van der Waals surface area contributed by atoms with Crippen molar-refractivity contribution < 1.29 is 14.3 Å². The van der Waals surface area contributed by atoms with Crippen molar-refractivity contribution in [3.63, 3.8) is 0 Å². The number of ketones is 1. The van der Waals surface area contributed by atoms with Crippen LogP contribution < -0.4 is 0 Å². The molecule has 0 aromatic heterocycles. The number of alkyl halides is 2. The second kappa shape index (κ2) is 12.0. The molecule has 4 fully saturated rings. The van der Waals surface area contributed by atoms with Crippen LogP contribution >= 0.6 is 45.2 Å². The Hall–Kier alpha value is 1.05. The Kier molecular flexibility index (Phi) is 9.64. The molecule has 0 spiro atoms. The summed E-state index contributed by atoms with van der Waals surface area (Å²) in [7, 11) is 0. The summed E-state index contributed by atoms with van der Waals surface area (Å²) in [5, 5.41) is 0. The molecule has 4 rings (SSSR count). The highest BCUT2D eigenvalue weighted by molar-refractivity contribution is 14.1. The highest BCUT2D eigenvalue weighted by Crippen LogP contribution is 2.39. The summed E-state index contributed by atoms with van der Waals surface area (Å²) in [6, 6.07) is 0. The average Bonchev–Trinajstić information content (AvgIpc) is 2.77. The summed E-state index contributed by atoms with van der Waals surface area (Å²) in [5.74, 6) is 1.19. The number of carbonyl (C=O) groups is 1. The normalized spacial score (nSPS) is 41.5. The Morgan fingerprint density at radius 2 is 1.10 bits per heavy atom. The predicted octanol–water partition coefficient (Wildman–Crippen LogP) is 7.20. The molecule has 3 unspecified atom stereocenters. The molecule has 0 saturated heterocycles. The van der Waals surface area contributed by atoms with Crippen molar-refractivity contribution in [1.82, 2.24) is 0 Å². The zero-order chi connectivity index (χ0) is 20.9. The highest BCUT2D eigenvalue weighted by atomic mass is 127. The molecule has 0 aromatic carbocycles. The zero-order valence-corrected chi connectivity index (χ0v) is 22.7. The van der Waals surface area contributed by atoms with Crippen molar-refractivity contribution in [2.24, 2.45) is 11.8 Å². The third-order valence-corrected chi connectivity index (χ3v) is 10.7. The van der Waals surface area contributed by atoms with E-state index in [1.807, 2.05) is 0 Å². The summed E-state index contributed by atoms with van der Waals surface area (Å²) in [6.45, 7) is 0. The maximum absolute atomic E-state index is 13.1. The minimum absolute atomic E-state index is 0.299. The third kappa shape index (κ3) is 6.78. The van der Waals surface area contributed by atoms with Gasteiger partial charge in [-0.3, -0.25) is 4.79 Å². The van der Waals surface area contributed by atoms with Gasteiger partial charge in [0.1, 0.15) is 5.78 Å². The van der Waals surface area contributed by atoms with Crippen LogP contribution in [0.2, 0.25) is 0 Å². The molecule has 3 atom stereocenters. The topological polar surface area (TPSA) is 35.5 Å². The molecule has 4 saturated carbocycles. The Morgan fingerprint density at radius 3 is 1.67 bits per heavy atom. The molecule has 5 heteroatoms. The zero-order valence-electron chi connectivity index (χ0n) is 18.4. The van der Waals surface area contributed by atoms with E-state index in [1.165, 1.54) is 57.8 Å². The fraction of sp³-hybridized carbons (Fsp3) is 0.960. The van der Waals surface area contributed by atoms with Gasteiger partial charge in [0.05, 0.1) is 24.4 Å². The highest BCUT2D eigenvalue weighted by Gasteiger charge is 2.38. The largest absolute Gasteiger partial charge is 0.375 e. The van der Waals surface area contributed by atoms with Gasteiger partial charge in [-0.2, -0.15) is 0 Å². The van der Waals surface area contributed by atoms with Crippen molar-refractivity contribution in [2.75, 3.05) is 0 Å². The van der Waals surface area contributed by atoms with E-state index < -0.39 is 0 Å². The van der Waals surface area contributed by atoms with Gasteiger partial charge in [0.2, 0.25) is 0 Å². The van der Waals surface area contributed by atoms with Crippen molar-refractivity contribution in [1.29, 1.82) is 0 Å². The van der Waals surface area contributed by atoms with Gasteiger partial charge in [0, 0.05) is 19.7 Å².